The van der Waals surface area contributed by atoms with E-state index in [0.717, 1.165) is 57.7 Å². The number of aryl methyl sites for hydroxylation is 1. The third kappa shape index (κ3) is 4.03. The zero-order valence-corrected chi connectivity index (χ0v) is 12.5. The van der Waals surface area contributed by atoms with Gasteiger partial charge in [-0.2, -0.15) is 0 Å². The van der Waals surface area contributed by atoms with Crippen LogP contribution in [0.2, 0.25) is 0 Å². The second-order valence-corrected chi connectivity index (χ2v) is 5.44. The van der Waals surface area contributed by atoms with E-state index in [-0.39, 0.29) is 11.7 Å². The summed E-state index contributed by atoms with van der Waals surface area (Å²) >= 11 is 0. The van der Waals surface area contributed by atoms with Gasteiger partial charge in [-0.25, -0.2) is 4.98 Å². The van der Waals surface area contributed by atoms with Gasteiger partial charge < -0.3 is 10.2 Å². The van der Waals surface area contributed by atoms with Gasteiger partial charge in [-0.15, -0.1) is 5.10 Å². The van der Waals surface area contributed by atoms with Crippen LogP contribution in [0.1, 0.15) is 49.6 Å². The predicted octanol–water partition coefficient (Wildman–Crippen LogP) is 1.22. The second-order valence-electron chi connectivity index (χ2n) is 5.44. The number of aromatic nitrogens is 3. The Morgan fingerprint density at radius 3 is 2.80 bits per heavy atom. The van der Waals surface area contributed by atoms with Gasteiger partial charge in [-0.1, -0.05) is 13.8 Å². The van der Waals surface area contributed by atoms with Crippen LogP contribution in [-0.2, 0) is 6.42 Å². The fourth-order valence-electron chi connectivity index (χ4n) is 2.57. The van der Waals surface area contributed by atoms with Crippen molar-refractivity contribution in [2.75, 3.05) is 26.2 Å². The second kappa shape index (κ2) is 7.38. The molecule has 2 heterocycles. The molecule has 0 spiro atoms. The van der Waals surface area contributed by atoms with Crippen LogP contribution in [0.4, 0.5) is 0 Å². The van der Waals surface area contributed by atoms with Crippen LogP contribution in [0, 0.1) is 5.92 Å². The fourth-order valence-corrected chi connectivity index (χ4v) is 2.57. The van der Waals surface area contributed by atoms with E-state index in [1.54, 1.807) is 0 Å². The Morgan fingerprint density at radius 1 is 1.40 bits per heavy atom. The molecule has 6 heteroatoms. The van der Waals surface area contributed by atoms with Crippen molar-refractivity contribution in [1.82, 2.24) is 25.4 Å². The Bertz CT molecular complexity index is 423. The first-order chi connectivity index (χ1) is 9.72. The summed E-state index contributed by atoms with van der Waals surface area (Å²) in [7, 11) is 0. The molecular formula is C14H25N5O. The highest BCUT2D eigenvalue weighted by Gasteiger charge is 2.19. The van der Waals surface area contributed by atoms with Crippen molar-refractivity contribution < 1.29 is 4.79 Å². The third-order valence-corrected chi connectivity index (χ3v) is 3.93. The Hall–Kier alpha value is -1.43. The summed E-state index contributed by atoms with van der Waals surface area (Å²) in [6.45, 7) is 8.39. The summed E-state index contributed by atoms with van der Waals surface area (Å²) in [6, 6.07) is 0. The molecule has 112 valence electrons. The molecule has 2 N–H and O–H groups in total. The number of carbonyl (C=O) groups excluding carboxylic acids is 1. The van der Waals surface area contributed by atoms with Crippen molar-refractivity contribution in [3.8, 4) is 0 Å². The molecule has 1 aromatic rings. The minimum Gasteiger partial charge on any atom is -0.349 e. The summed E-state index contributed by atoms with van der Waals surface area (Å²) in [5.41, 5.74) is 0. The minimum atomic E-state index is -0.165. The normalized spacial score (nSPS) is 17.3. The zero-order valence-electron chi connectivity index (χ0n) is 12.5. The number of likely N-dealkylation sites (tertiary alicyclic amines) is 1. The van der Waals surface area contributed by atoms with Gasteiger partial charge >= 0.3 is 0 Å². The van der Waals surface area contributed by atoms with E-state index >= 15 is 0 Å². The highest BCUT2D eigenvalue weighted by Crippen LogP contribution is 2.15. The average Bonchev–Trinajstić information content (AvgIpc) is 2.94. The summed E-state index contributed by atoms with van der Waals surface area (Å²) < 4.78 is 0. The molecule has 1 aliphatic heterocycles. The molecule has 0 radical (unpaired) electrons. The number of piperidine rings is 1. The quantitative estimate of drug-likeness (QED) is 0.821. The van der Waals surface area contributed by atoms with E-state index < -0.39 is 0 Å². The minimum absolute atomic E-state index is 0.165. The highest BCUT2D eigenvalue weighted by molar-refractivity contribution is 5.90. The number of carbonyl (C=O) groups is 1. The van der Waals surface area contributed by atoms with Crippen LogP contribution >= 0.6 is 0 Å². The smallest absolute Gasteiger partial charge is 0.290 e. The lowest BCUT2D eigenvalue weighted by Gasteiger charge is -2.30. The lowest BCUT2D eigenvalue weighted by molar-refractivity contribution is 0.0927. The van der Waals surface area contributed by atoms with Crippen LogP contribution < -0.4 is 5.32 Å². The van der Waals surface area contributed by atoms with Gasteiger partial charge in [0.15, 0.2) is 0 Å². The van der Waals surface area contributed by atoms with Gasteiger partial charge in [0.2, 0.25) is 5.82 Å². The molecule has 0 unspecified atom stereocenters. The van der Waals surface area contributed by atoms with Gasteiger partial charge in [0.05, 0.1) is 0 Å². The molecular weight excluding hydrogens is 254 g/mol. The first kappa shape index (κ1) is 15.0. The Kier molecular flexibility index (Phi) is 5.52. The van der Waals surface area contributed by atoms with E-state index in [4.69, 9.17) is 0 Å². The maximum atomic E-state index is 12.0. The van der Waals surface area contributed by atoms with Crippen molar-refractivity contribution in [2.24, 2.45) is 5.92 Å². The number of hydrogen-bond acceptors (Lipinski definition) is 4. The maximum absolute atomic E-state index is 12.0. The third-order valence-electron chi connectivity index (χ3n) is 3.93. The van der Waals surface area contributed by atoms with Crippen molar-refractivity contribution in [2.45, 2.75) is 39.5 Å². The molecule has 0 atom stereocenters. The van der Waals surface area contributed by atoms with Gasteiger partial charge in [0.1, 0.15) is 5.82 Å². The Balaban J connectivity index is 1.74. The number of rotatable bonds is 6. The zero-order chi connectivity index (χ0) is 14.4. The number of aromatic amines is 1. The molecule has 6 nitrogen and oxygen atoms in total. The summed E-state index contributed by atoms with van der Waals surface area (Å²) in [4.78, 5) is 18.6. The SMILES string of the molecule is CCCc1nc(C(=O)NCC2CCN(CC)CC2)n[nH]1. The van der Waals surface area contributed by atoms with Crippen LogP contribution in [-0.4, -0.2) is 52.2 Å². The lowest BCUT2D eigenvalue weighted by atomic mass is 9.97. The van der Waals surface area contributed by atoms with Crippen LogP contribution in [0.3, 0.4) is 0 Å². The largest absolute Gasteiger partial charge is 0.349 e. The summed E-state index contributed by atoms with van der Waals surface area (Å²) in [6.07, 6.45) is 4.13. The molecule has 0 saturated carbocycles. The Labute approximate surface area is 120 Å². The first-order valence-corrected chi connectivity index (χ1v) is 7.64. The fraction of sp³-hybridized carbons (Fsp3) is 0.786. The first-order valence-electron chi connectivity index (χ1n) is 7.64. The van der Waals surface area contributed by atoms with E-state index in [1.807, 2.05) is 0 Å². The van der Waals surface area contributed by atoms with Crippen molar-refractivity contribution in [1.29, 1.82) is 0 Å². The van der Waals surface area contributed by atoms with Gasteiger partial charge in [-0.3, -0.25) is 9.89 Å². The molecule has 0 aliphatic carbocycles. The maximum Gasteiger partial charge on any atom is 0.290 e. The standard InChI is InChI=1S/C14H25N5O/c1-3-5-12-16-13(18-17-12)14(20)15-10-11-6-8-19(4-2)9-7-11/h11H,3-10H2,1-2H3,(H,15,20)(H,16,17,18). The molecule has 0 bridgehead atoms. The number of nitrogens with one attached hydrogen (secondary N) is 2. The molecule has 1 aliphatic rings. The van der Waals surface area contributed by atoms with Crippen LogP contribution in [0.5, 0.6) is 0 Å². The van der Waals surface area contributed by atoms with E-state index in [1.165, 1.54) is 0 Å². The summed E-state index contributed by atoms with van der Waals surface area (Å²) in [5, 5.41) is 9.73. The number of hydrogen-bond donors (Lipinski definition) is 2. The number of amides is 1. The Morgan fingerprint density at radius 2 is 2.15 bits per heavy atom. The van der Waals surface area contributed by atoms with Gasteiger partial charge in [0, 0.05) is 13.0 Å². The molecule has 1 saturated heterocycles. The molecule has 1 fully saturated rings. The van der Waals surface area contributed by atoms with E-state index in [9.17, 15) is 4.79 Å². The topological polar surface area (TPSA) is 73.9 Å². The predicted molar refractivity (Wildman–Crippen MR) is 77.5 cm³/mol. The monoisotopic (exact) mass is 279 g/mol. The van der Waals surface area contributed by atoms with Gasteiger partial charge in [-0.05, 0) is 44.8 Å². The van der Waals surface area contributed by atoms with Crippen LogP contribution in [0.25, 0.3) is 0 Å². The van der Waals surface area contributed by atoms with Gasteiger partial charge in [0.25, 0.3) is 5.91 Å². The molecule has 1 amide bonds. The van der Waals surface area contributed by atoms with Crippen molar-refractivity contribution >= 4 is 5.91 Å². The average molecular weight is 279 g/mol. The molecule has 20 heavy (non-hydrogen) atoms. The number of H-pyrrole nitrogens is 1. The molecule has 1 aromatic heterocycles. The van der Waals surface area contributed by atoms with E-state index in [2.05, 4.69) is 39.2 Å². The molecule has 2 rings (SSSR count). The lowest BCUT2D eigenvalue weighted by Crippen LogP contribution is -2.38. The summed E-state index contributed by atoms with van der Waals surface area (Å²) in [5.74, 6) is 1.46. The number of nitrogens with zero attached hydrogens (tertiary/aromatic N) is 3. The van der Waals surface area contributed by atoms with E-state index in [0.29, 0.717) is 5.92 Å². The van der Waals surface area contributed by atoms with Crippen molar-refractivity contribution in [3.63, 3.8) is 0 Å². The van der Waals surface area contributed by atoms with Crippen LogP contribution in [0.15, 0.2) is 0 Å². The van der Waals surface area contributed by atoms with Crippen molar-refractivity contribution in [3.05, 3.63) is 11.6 Å². The molecule has 0 aromatic carbocycles. The highest BCUT2D eigenvalue weighted by atomic mass is 16.2.